The van der Waals surface area contributed by atoms with Crippen LogP contribution in [0.3, 0.4) is 0 Å². The molecule has 0 unspecified atom stereocenters. The van der Waals surface area contributed by atoms with E-state index in [0.717, 1.165) is 19.4 Å². The van der Waals surface area contributed by atoms with E-state index in [-0.39, 0.29) is 12.2 Å². The van der Waals surface area contributed by atoms with Crippen molar-refractivity contribution >= 4 is 5.91 Å². The Morgan fingerprint density at radius 2 is 1.85 bits per heavy atom. The quantitative estimate of drug-likeness (QED) is 0.571. The van der Waals surface area contributed by atoms with E-state index in [4.69, 9.17) is 10.5 Å². The van der Waals surface area contributed by atoms with Gasteiger partial charge in [0.05, 0.1) is 6.42 Å². The zero-order chi connectivity index (χ0) is 18.9. The Kier molecular flexibility index (Phi) is 7.48. The number of ether oxygens (including phenoxy) is 1. The number of benzene rings is 2. The van der Waals surface area contributed by atoms with Gasteiger partial charge in [0.25, 0.3) is 0 Å². The maximum Gasteiger partial charge on any atom is 0.221 e. The minimum absolute atomic E-state index is 0.0264. The Morgan fingerprint density at radius 1 is 1.08 bits per heavy atom. The van der Waals surface area contributed by atoms with Crippen LogP contribution < -0.4 is 15.8 Å². The van der Waals surface area contributed by atoms with E-state index in [0.29, 0.717) is 24.5 Å². The van der Waals surface area contributed by atoms with Gasteiger partial charge in [0.2, 0.25) is 5.91 Å². The average molecular weight is 356 g/mol. The minimum atomic E-state index is -0.428. The molecule has 0 spiro atoms. The van der Waals surface area contributed by atoms with Crippen LogP contribution in [0.25, 0.3) is 0 Å². The van der Waals surface area contributed by atoms with E-state index in [1.54, 1.807) is 12.1 Å². The maximum absolute atomic E-state index is 10.9. The van der Waals surface area contributed by atoms with Crippen LogP contribution in [0.5, 0.6) is 11.5 Å². The lowest BCUT2D eigenvalue weighted by Gasteiger charge is -2.10. The lowest BCUT2D eigenvalue weighted by Crippen LogP contribution is -2.22. The molecule has 0 aliphatic rings. The molecule has 0 aliphatic carbocycles. The van der Waals surface area contributed by atoms with Crippen LogP contribution in [-0.4, -0.2) is 30.7 Å². The average Bonchev–Trinajstić information content (AvgIpc) is 2.58. The fourth-order valence-electron chi connectivity index (χ4n) is 2.73. The van der Waals surface area contributed by atoms with Crippen molar-refractivity contribution in [2.45, 2.75) is 33.1 Å². The molecule has 0 aromatic heterocycles. The first-order chi connectivity index (χ1) is 12.5. The molecule has 0 atom stereocenters. The number of carbonyl (C=O) groups is 1. The molecule has 0 aliphatic heterocycles. The van der Waals surface area contributed by atoms with Gasteiger partial charge in [-0.15, -0.1) is 0 Å². The fraction of sp³-hybridized carbons (Fsp3) is 0.381. The van der Waals surface area contributed by atoms with Crippen molar-refractivity contribution in [3.8, 4) is 11.5 Å². The number of rotatable bonds is 10. The SMILES string of the molecule is Cc1ccc(CCCNCCOc2ccc(CC(N)=O)cc2O)cc1C. The van der Waals surface area contributed by atoms with Gasteiger partial charge in [-0.25, -0.2) is 0 Å². The highest BCUT2D eigenvalue weighted by Gasteiger charge is 2.06. The number of aromatic hydroxyl groups is 1. The smallest absolute Gasteiger partial charge is 0.221 e. The molecular formula is C21H28N2O3. The molecule has 0 fully saturated rings. The summed E-state index contributed by atoms with van der Waals surface area (Å²) in [4.78, 5) is 10.9. The van der Waals surface area contributed by atoms with Crippen molar-refractivity contribution in [1.82, 2.24) is 5.32 Å². The van der Waals surface area contributed by atoms with Crippen molar-refractivity contribution in [2.75, 3.05) is 19.7 Å². The highest BCUT2D eigenvalue weighted by Crippen LogP contribution is 2.26. The van der Waals surface area contributed by atoms with Crippen molar-refractivity contribution in [3.05, 3.63) is 58.7 Å². The highest BCUT2D eigenvalue weighted by molar-refractivity contribution is 5.76. The monoisotopic (exact) mass is 356 g/mol. The molecule has 4 N–H and O–H groups in total. The third-order valence-corrected chi connectivity index (χ3v) is 4.33. The number of hydrogen-bond acceptors (Lipinski definition) is 4. The lowest BCUT2D eigenvalue weighted by atomic mass is 10.0. The van der Waals surface area contributed by atoms with Crippen LogP contribution in [0.1, 0.15) is 28.7 Å². The predicted molar refractivity (Wildman–Crippen MR) is 104 cm³/mol. The molecule has 0 saturated carbocycles. The van der Waals surface area contributed by atoms with Crippen molar-refractivity contribution in [2.24, 2.45) is 5.73 Å². The van der Waals surface area contributed by atoms with E-state index in [1.165, 1.54) is 22.8 Å². The third kappa shape index (κ3) is 6.41. The second-order valence-electron chi connectivity index (χ2n) is 6.57. The van der Waals surface area contributed by atoms with Crippen LogP contribution in [-0.2, 0) is 17.6 Å². The molecule has 2 aromatic rings. The summed E-state index contributed by atoms with van der Waals surface area (Å²) in [5.74, 6) is 0.0108. The summed E-state index contributed by atoms with van der Waals surface area (Å²) in [6.45, 7) is 6.36. The molecule has 2 aromatic carbocycles. The number of phenols is 1. The molecule has 140 valence electrons. The molecule has 0 bridgehead atoms. The summed E-state index contributed by atoms with van der Waals surface area (Å²) in [6, 6.07) is 11.5. The molecular weight excluding hydrogens is 328 g/mol. The Morgan fingerprint density at radius 3 is 2.54 bits per heavy atom. The largest absolute Gasteiger partial charge is 0.504 e. The number of hydrogen-bond donors (Lipinski definition) is 3. The van der Waals surface area contributed by atoms with Crippen LogP contribution in [0.15, 0.2) is 36.4 Å². The van der Waals surface area contributed by atoms with Crippen LogP contribution in [0.2, 0.25) is 0 Å². The summed E-state index contributed by atoms with van der Waals surface area (Å²) in [5.41, 5.74) is 9.85. The van der Waals surface area contributed by atoms with E-state index in [1.807, 2.05) is 0 Å². The number of nitrogens with one attached hydrogen (secondary N) is 1. The first-order valence-electron chi connectivity index (χ1n) is 8.95. The molecule has 5 heteroatoms. The third-order valence-electron chi connectivity index (χ3n) is 4.33. The first kappa shape index (κ1) is 19.8. The molecule has 1 amide bonds. The van der Waals surface area contributed by atoms with E-state index < -0.39 is 5.91 Å². The zero-order valence-electron chi connectivity index (χ0n) is 15.5. The number of carbonyl (C=O) groups excluding carboxylic acids is 1. The second kappa shape index (κ2) is 9.82. The van der Waals surface area contributed by atoms with Crippen LogP contribution in [0.4, 0.5) is 0 Å². The number of phenolic OH excluding ortho intramolecular Hbond substituents is 1. The van der Waals surface area contributed by atoms with Crippen molar-refractivity contribution < 1.29 is 14.6 Å². The summed E-state index contributed by atoms with van der Waals surface area (Å²) < 4.78 is 5.56. The van der Waals surface area contributed by atoms with Gasteiger partial charge in [0, 0.05) is 6.54 Å². The lowest BCUT2D eigenvalue weighted by molar-refractivity contribution is -0.117. The topological polar surface area (TPSA) is 84.6 Å². The van der Waals surface area contributed by atoms with Crippen molar-refractivity contribution in [1.29, 1.82) is 0 Å². The van der Waals surface area contributed by atoms with Crippen molar-refractivity contribution in [3.63, 3.8) is 0 Å². The van der Waals surface area contributed by atoms with Gasteiger partial charge < -0.3 is 20.9 Å². The summed E-state index contributed by atoms with van der Waals surface area (Å²) in [5, 5.41) is 13.3. The number of amides is 1. The van der Waals surface area contributed by atoms with Crippen LogP contribution >= 0.6 is 0 Å². The predicted octanol–water partition coefficient (Wildman–Crippen LogP) is 2.64. The molecule has 26 heavy (non-hydrogen) atoms. The Hall–Kier alpha value is -2.53. The molecule has 0 saturated heterocycles. The van der Waals surface area contributed by atoms with Gasteiger partial charge in [-0.1, -0.05) is 24.3 Å². The number of primary amides is 1. The Bertz CT molecular complexity index is 744. The summed E-state index contributed by atoms with van der Waals surface area (Å²) in [6.07, 6.45) is 2.22. The molecule has 0 radical (unpaired) electrons. The van der Waals surface area contributed by atoms with E-state index in [2.05, 4.69) is 37.4 Å². The molecule has 5 nitrogen and oxygen atoms in total. The normalized spacial score (nSPS) is 10.7. The van der Waals surface area contributed by atoms with Gasteiger partial charge in [-0.2, -0.15) is 0 Å². The second-order valence-corrected chi connectivity index (χ2v) is 6.57. The zero-order valence-corrected chi connectivity index (χ0v) is 15.5. The highest BCUT2D eigenvalue weighted by atomic mass is 16.5. The van der Waals surface area contributed by atoms with Crippen LogP contribution in [0, 0.1) is 13.8 Å². The van der Waals surface area contributed by atoms with Gasteiger partial charge in [-0.3, -0.25) is 4.79 Å². The Balaban J connectivity index is 1.63. The summed E-state index contributed by atoms with van der Waals surface area (Å²) in [7, 11) is 0. The minimum Gasteiger partial charge on any atom is -0.504 e. The standard InChI is InChI=1S/C21H28N2O3/c1-15-5-6-17(12-16(15)2)4-3-9-23-10-11-26-20-8-7-18(13-19(20)24)14-21(22)25/h5-8,12-13,23-24H,3-4,9-11,14H2,1-2H3,(H2,22,25). The van der Waals surface area contributed by atoms with E-state index in [9.17, 15) is 9.90 Å². The molecule has 2 rings (SSSR count). The summed E-state index contributed by atoms with van der Waals surface area (Å²) >= 11 is 0. The first-order valence-corrected chi connectivity index (χ1v) is 8.95. The van der Waals surface area contributed by atoms with Gasteiger partial charge in [0.1, 0.15) is 6.61 Å². The number of nitrogens with two attached hydrogens (primary N) is 1. The van der Waals surface area contributed by atoms with Gasteiger partial charge in [0.15, 0.2) is 11.5 Å². The molecule has 0 heterocycles. The fourth-order valence-corrected chi connectivity index (χ4v) is 2.73. The number of aryl methyl sites for hydroxylation is 3. The Labute approximate surface area is 155 Å². The van der Waals surface area contributed by atoms with Gasteiger partial charge >= 0.3 is 0 Å². The maximum atomic E-state index is 10.9. The van der Waals surface area contributed by atoms with Gasteiger partial charge in [-0.05, 0) is 67.6 Å². The van der Waals surface area contributed by atoms with E-state index >= 15 is 0 Å².